The van der Waals surface area contributed by atoms with Crippen LogP contribution in [-0.4, -0.2) is 29.9 Å². The van der Waals surface area contributed by atoms with Crippen molar-refractivity contribution in [1.82, 2.24) is 10.4 Å². The molecule has 1 aromatic heterocycles. The van der Waals surface area contributed by atoms with E-state index in [9.17, 15) is 9.59 Å². The third-order valence-electron chi connectivity index (χ3n) is 4.18. The van der Waals surface area contributed by atoms with Crippen molar-refractivity contribution in [1.29, 1.82) is 0 Å². The SMILES string of the molecule is O=C(NN=Cc1cc(Br)cc(Br)c1OC(=O)c1ccc2c(c1)OCO2)c1cncc(Br)c1. The van der Waals surface area contributed by atoms with Gasteiger partial charge in [0.15, 0.2) is 17.2 Å². The summed E-state index contributed by atoms with van der Waals surface area (Å²) in [6.45, 7) is 0.106. The predicted molar refractivity (Wildman–Crippen MR) is 126 cm³/mol. The highest BCUT2D eigenvalue weighted by Gasteiger charge is 2.19. The van der Waals surface area contributed by atoms with Crippen LogP contribution < -0.4 is 19.6 Å². The summed E-state index contributed by atoms with van der Waals surface area (Å²) in [7, 11) is 0. The van der Waals surface area contributed by atoms with E-state index in [1.165, 1.54) is 12.4 Å². The third kappa shape index (κ3) is 5.17. The van der Waals surface area contributed by atoms with Gasteiger partial charge < -0.3 is 14.2 Å². The minimum Gasteiger partial charge on any atom is -0.454 e. The number of halogens is 3. The summed E-state index contributed by atoms with van der Waals surface area (Å²) in [5, 5.41) is 3.98. The molecule has 3 aromatic rings. The van der Waals surface area contributed by atoms with Crippen LogP contribution >= 0.6 is 47.8 Å². The highest BCUT2D eigenvalue weighted by atomic mass is 79.9. The molecular weight excluding hydrogens is 614 g/mol. The standard InChI is InChI=1S/C21H12Br3N3O5/c22-14-3-12(8-26-27-20(28)13-4-15(23)9-25-7-13)19(16(24)6-14)32-21(29)11-1-2-17-18(5-11)31-10-30-17/h1-9H,10H2,(H,27,28). The number of hydrazone groups is 1. The molecule has 1 amide bonds. The van der Waals surface area contributed by atoms with Crippen molar-refractivity contribution < 1.29 is 23.8 Å². The van der Waals surface area contributed by atoms with Gasteiger partial charge in [0, 0.05) is 26.9 Å². The van der Waals surface area contributed by atoms with Crippen molar-refractivity contribution in [3.05, 3.63) is 78.9 Å². The van der Waals surface area contributed by atoms with Gasteiger partial charge in [-0.2, -0.15) is 5.10 Å². The second-order valence-electron chi connectivity index (χ2n) is 6.35. The van der Waals surface area contributed by atoms with Crippen molar-refractivity contribution in [2.75, 3.05) is 6.79 Å². The molecule has 0 aliphatic carbocycles. The van der Waals surface area contributed by atoms with Gasteiger partial charge in [-0.1, -0.05) is 15.9 Å². The molecule has 8 nitrogen and oxygen atoms in total. The van der Waals surface area contributed by atoms with Crippen LogP contribution in [0.2, 0.25) is 0 Å². The quantitative estimate of drug-likeness (QED) is 0.184. The van der Waals surface area contributed by atoms with Crippen molar-refractivity contribution in [3.63, 3.8) is 0 Å². The van der Waals surface area contributed by atoms with Crippen LogP contribution in [0.25, 0.3) is 0 Å². The van der Waals surface area contributed by atoms with E-state index in [0.29, 0.717) is 37.1 Å². The zero-order valence-electron chi connectivity index (χ0n) is 16.0. The van der Waals surface area contributed by atoms with E-state index in [0.717, 1.165) is 4.47 Å². The van der Waals surface area contributed by atoms with E-state index in [-0.39, 0.29) is 12.5 Å². The van der Waals surface area contributed by atoms with Gasteiger partial charge in [0.05, 0.1) is 21.8 Å². The van der Waals surface area contributed by atoms with E-state index in [4.69, 9.17) is 14.2 Å². The Labute approximate surface area is 207 Å². The van der Waals surface area contributed by atoms with Gasteiger partial charge in [-0.25, -0.2) is 10.2 Å². The zero-order chi connectivity index (χ0) is 22.7. The minimum atomic E-state index is -0.592. The summed E-state index contributed by atoms with van der Waals surface area (Å²) in [6.07, 6.45) is 4.37. The van der Waals surface area contributed by atoms with E-state index in [1.54, 1.807) is 42.6 Å². The molecule has 1 N–H and O–H groups in total. The number of fused-ring (bicyclic) bond motifs is 1. The second kappa shape index (κ2) is 9.80. The molecule has 0 bridgehead atoms. The van der Waals surface area contributed by atoms with Crippen molar-refractivity contribution in [2.24, 2.45) is 5.10 Å². The number of nitrogens with zero attached hydrogens (tertiary/aromatic N) is 2. The number of pyridine rings is 1. The Morgan fingerprint density at radius 3 is 2.62 bits per heavy atom. The summed E-state index contributed by atoms with van der Waals surface area (Å²) in [5.41, 5.74) is 3.50. The number of aromatic nitrogens is 1. The molecule has 2 aromatic carbocycles. The Morgan fingerprint density at radius 1 is 1.00 bits per heavy atom. The molecule has 1 aliphatic rings. The number of hydrogen-bond acceptors (Lipinski definition) is 7. The van der Waals surface area contributed by atoms with Gasteiger partial charge in [-0.05, 0) is 68.3 Å². The first-order chi connectivity index (χ1) is 15.4. The molecule has 0 atom stereocenters. The summed E-state index contributed by atoms with van der Waals surface area (Å²) >= 11 is 10.1. The lowest BCUT2D eigenvalue weighted by Crippen LogP contribution is -2.18. The number of esters is 1. The highest BCUT2D eigenvalue weighted by molar-refractivity contribution is 9.11. The molecule has 2 heterocycles. The maximum atomic E-state index is 12.7. The molecule has 0 spiro atoms. The fraction of sp³-hybridized carbons (Fsp3) is 0.0476. The second-order valence-corrected chi connectivity index (χ2v) is 9.04. The van der Waals surface area contributed by atoms with E-state index >= 15 is 0 Å². The Kier molecular flexibility index (Phi) is 6.87. The average Bonchev–Trinajstić information content (AvgIpc) is 3.23. The monoisotopic (exact) mass is 623 g/mol. The number of carbonyl (C=O) groups is 2. The highest BCUT2D eigenvalue weighted by Crippen LogP contribution is 2.35. The predicted octanol–water partition coefficient (Wildman–Crippen LogP) is 5.08. The summed E-state index contributed by atoms with van der Waals surface area (Å²) in [5.74, 6) is 0.239. The Hall–Kier alpha value is -2.76. The van der Waals surface area contributed by atoms with E-state index in [2.05, 4.69) is 63.3 Å². The van der Waals surface area contributed by atoms with Crippen LogP contribution in [0.15, 0.2) is 67.3 Å². The van der Waals surface area contributed by atoms with Crippen LogP contribution in [-0.2, 0) is 0 Å². The van der Waals surface area contributed by atoms with E-state index in [1.807, 2.05) is 0 Å². The first-order valence-corrected chi connectivity index (χ1v) is 11.3. The lowest BCUT2D eigenvalue weighted by atomic mass is 10.2. The van der Waals surface area contributed by atoms with Gasteiger partial charge in [0.1, 0.15) is 0 Å². The van der Waals surface area contributed by atoms with Crippen molar-refractivity contribution >= 4 is 65.9 Å². The Balaban J connectivity index is 1.53. The molecule has 0 saturated heterocycles. The lowest BCUT2D eigenvalue weighted by molar-refractivity contribution is 0.0732. The van der Waals surface area contributed by atoms with Gasteiger partial charge in [-0.3, -0.25) is 9.78 Å². The maximum Gasteiger partial charge on any atom is 0.343 e. The number of rotatable bonds is 5. The number of amides is 1. The zero-order valence-corrected chi connectivity index (χ0v) is 20.7. The first kappa shape index (κ1) is 22.4. The minimum absolute atomic E-state index is 0.106. The van der Waals surface area contributed by atoms with Gasteiger partial charge in [0.25, 0.3) is 5.91 Å². The van der Waals surface area contributed by atoms with Gasteiger partial charge in [-0.15, -0.1) is 0 Å². The molecule has 0 fully saturated rings. The molecule has 11 heteroatoms. The normalized spacial score (nSPS) is 12.1. The van der Waals surface area contributed by atoms with Crippen LogP contribution in [0.1, 0.15) is 26.3 Å². The molecule has 0 unspecified atom stereocenters. The van der Waals surface area contributed by atoms with Crippen molar-refractivity contribution in [3.8, 4) is 17.2 Å². The van der Waals surface area contributed by atoms with Crippen LogP contribution in [0.5, 0.6) is 17.2 Å². The van der Waals surface area contributed by atoms with Crippen LogP contribution in [0.4, 0.5) is 0 Å². The smallest absolute Gasteiger partial charge is 0.343 e. The molecule has 0 radical (unpaired) electrons. The third-order valence-corrected chi connectivity index (χ3v) is 5.66. The van der Waals surface area contributed by atoms with E-state index < -0.39 is 11.9 Å². The Bertz CT molecular complexity index is 1250. The summed E-state index contributed by atoms with van der Waals surface area (Å²) < 4.78 is 18.1. The largest absolute Gasteiger partial charge is 0.454 e. The maximum absolute atomic E-state index is 12.7. The molecule has 1 aliphatic heterocycles. The first-order valence-electron chi connectivity index (χ1n) is 8.95. The number of carbonyl (C=O) groups excluding carboxylic acids is 2. The van der Waals surface area contributed by atoms with Gasteiger partial charge >= 0.3 is 5.97 Å². The average molecular weight is 626 g/mol. The topological polar surface area (TPSA) is 99.1 Å². The van der Waals surface area contributed by atoms with Crippen LogP contribution in [0.3, 0.4) is 0 Å². The molecular formula is C21H12Br3N3O5. The number of nitrogens with one attached hydrogen (secondary N) is 1. The fourth-order valence-corrected chi connectivity index (χ4v) is 4.42. The number of ether oxygens (including phenoxy) is 3. The van der Waals surface area contributed by atoms with Crippen LogP contribution in [0, 0.1) is 0 Å². The van der Waals surface area contributed by atoms with Crippen molar-refractivity contribution in [2.45, 2.75) is 0 Å². The van der Waals surface area contributed by atoms with Gasteiger partial charge in [0.2, 0.25) is 6.79 Å². The lowest BCUT2D eigenvalue weighted by Gasteiger charge is -2.11. The molecule has 4 rings (SSSR count). The number of benzene rings is 2. The molecule has 0 saturated carbocycles. The fourth-order valence-electron chi connectivity index (χ4n) is 2.72. The molecule has 32 heavy (non-hydrogen) atoms. The summed E-state index contributed by atoms with van der Waals surface area (Å²) in [6, 6.07) is 9.82. The molecule has 162 valence electrons. The summed E-state index contributed by atoms with van der Waals surface area (Å²) in [4.78, 5) is 28.9. The Morgan fingerprint density at radius 2 is 1.81 bits per heavy atom. The number of hydrogen-bond donors (Lipinski definition) is 1.